The average molecular weight is 305 g/mol. The molecule has 0 unspecified atom stereocenters. The second-order valence-electron chi connectivity index (χ2n) is 6.08. The Morgan fingerprint density at radius 1 is 1.18 bits per heavy atom. The number of carbonyl (C=O) groups is 2. The molecular weight excluding hydrogens is 282 g/mol. The largest absolute Gasteiger partial charge is 0.458 e. The lowest BCUT2D eigenvalue weighted by atomic mass is 9.84. The third-order valence-corrected chi connectivity index (χ3v) is 4.08. The molecule has 1 aromatic rings. The van der Waals surface area contributed by atoms with Crippen molar-refractivity contribution in [1.82, 2.24) is 4.90 Å². The SMILES string of the molecule is CC(=O)O[C@H]1C[C@@H](c2ccccc2)N(C)C[C@@]1(C)OC(C)=O. The van der Waals surface area contributed by atoms with E-state index < -0.39 is 11.7 Å². The van der Waals surface area contributed by atoms with Crippen LogP contribution in [0.4, 0.5) is 0 Å². The first-order valence-corrected chi connectivity index (χ1v) is 7.44. The Labute approximate surface area is 131 Å². The van der Waals surface area contributed by atoms with E-state index in [2.05, 4.69) is 17.0 Å². The number of likely N-dealkylation sites (tertiary alicyclic amines) is 1. The quantitative estimate of drug-likeness (QED) is 0.802. The highest BCUT2D eigenvalue weighted by Gasteiger charge is 2.47. The number of hydrogen-bond donors (Lipinski definition) is 0. The van der Waals surface area contributed by atoms with Crippen LogP contribution in [0.2, 0.25) is 0 Å². The molecule has 1 aliphatic rings. The number of nitrogens with zero attached hydrogens (tertiary/aromatic N) is 1. The van der Waals surface area contributed by atoms with Gasteiger partial charge >= 0.3 is 11.9 Å². The van der Waals surface area contributed by atoms with E-state index in [9.17, 15) is 9.59 Å². The van der Waals surface area contributed by atoms with Crippen molar-refractivity contribution in [3.05, 3.63) is 35.9 Å². The van der Waals surface area contributed by atoms with Gasteiger partial charge in [0.25, 0.3) is 0 Å². The van der Waals surface area contributed by atoms with E-state index in [0.717, 1.165) is 5.56 Å². The number of hydrogen-bond acceptors (Lipinski definition) is 5. The molecular formula is C17H23NO4. The fourth-order valence-corrected chi connectivity index (χ4v) is 3.20. The third-order valence-electron chi connectivity index (χ3n) is 4.08. The van der Waals surface area contributed by atoms with Crippen LogP contribution in [-0.2, 0) is 19.1 Å². The zero-order valence-electron chi connectivity index (χ0n) is 13.5. The van der Waals surface area contributed by atoms with E-state index in [0.29, 0.717) is 13.0 Å². The minimum Gasteiger partial charge on any atom is -0.458 e. The molecule has 120 valence electrons. The molecule has 22 heavy (non-hydrogen) atoms. The van der Waals surface area contributed by atoms with Crippen LogP contribution in [0.25, 0.3) is 0 Å². The number of likely N-dealkylation sites (N-methyl/N-ethyl adjacent to an activating group) is 1. The van der Waals surface area contributed by atoms with E-state index in [4.69, 9.17) is 9.47 Å². The Bertz CT molecular complexity index is 545. The van der Waals surface area contributed by atoms with Crippen molar-refractivity contribution in [3.8, 4) is 0 Å². The number of esters is 2. The summed E-state index contributed by atoms with van der Waals surface area (Å²) in [5, 5.41) is 0. The van der Waals surface area contributed by atoms with Gasteiger partial charge in [0.2, 0.25) is 0 Å². The van der Waals surface area contributed by atoms with Crippen molar-refractivity contribution in [2.45, 2.75) is 44.9 Å². The van der Waals surface area contributed by atoms with Crippen molar-refractivity contribution < 1.29 is 19.1 Å². The predicted molar refractivity (Wildman–Crippen MR) is 82.2 cm³/mol. The van der Waals surface area contributed by atoms with Crippen LogP contribution >= 0.6 is 0 Å². The molecule has 2 rings (SSSR count). The maximum atomic E-state index is 11.4. The summed E-state index contributed by atoms with van der Waals surface area (Å²) in [5.74, 6) is -0.731. The summed E-state index contributed by atoms with van der Waals surface area (Å²) in [6, 6.07) is 10.2. The Morgan fingerprint density at radius 2 is 1.82 bits per heavy atom. The molecule has 5 nitrogen and oxygen atoms in total. The minimum absolute atomic E-state index is 0.120. The number of carbonyl (C=O) groups excluding carboxylic acids is 2. The summed E-state index contributed by atoms with van der Waals surface area (Å²) in [6.07, 6.45) is 0.124. The van der Waals surface area contributed by atoms with Gasteiger partial charge in [0, 0.05) is 32.9 Å². The molecule has 1 saturated heterocycles. The third kappa shape index (κ3) is 3.65. The molecule has 1 aromatic carbocycles. The van der Waals surface area contributed by atoms with Gasteiger partial charge in [0.1, 0.15) is 6.10 Å². The van der Waals surface area contributed by atoms with Crippen LogP contribution in [0.15, 0.2) is 30.3 Å². The summed E-state index contributed by atoms with van der Waals surface area (Å²) in [5.41, 5.74) is 0.324. The fourth-order valence-electron chi connectivity index (χ4n) is 3.20. The first-order valence-electron chi connectivity index (χ1n) is 7.44. The summed E-state index contributed by atoms with van der Waals surface area (Å²) in [7, 11) is 1.99. The minimum atomic E-state index is -0.836. The van der Waals surface area contributed by atoms with Crippen molar-refractivity contribution in [3.63, 3.8) is 0 Å². The lowest BCUT2D eigenvalue weighted by Gasteiger charge is -2.47. The Kier molecular flexibility index (Phi) is 4.86. The van der Waals surface area contributed by atoms with Crippen LogP contribution in [0.5, 0.6) is 0 Å². The first kappa shape index (κ1) is 16.5. The maximum absolute atomic E-state index is 11.4. The fraction of sp³-hybridized carbons (Fsp3) is 0.529. The standard InChI is InChI=1S/C17H23NO4/c1-12(19)21-16-10-15(14-8-6-5-7-9-14)18(4)11-17(16,3)22-13(2)20/h5-9,15-16H,10-11H2,1-4H3/t15-,16-,17+/m0/s1. The second-order valence-corrected chi connectivity index (χ2v) is 6.08. The van der Waals surface area contributed by atoms with E-state index >= 15 is 0 Å². The van der Waals surface area contributed by atoms with E-state index in [1.54, 1.807) is 0 Å². The lowest BCUT2D eigenvalue weighted by Crippen LogP contribution is -2.58. The highest BCUT2D eigenvalue weighted by Crippen LogP contribution is 2.37. The summed E-state index contributed by atoms with van der Waals surface area (Å²) < 4.78 is 11.0. The molecule has 0 bridgehead atoms. The maximum Gasteiger partial charge on any atom is 0.303 e. The lowest BCUT2D eigenvalue weighted by molar-refractivity contribution is -0.195. The zero-order chi connectivity index (χ0) is 16.3. The molecule has 0 aromatic heterocycles. The van der Waals surface area contributed by atoms with Crippen LogP contribution in [0.3, 0.4) is 0 Å². The number of piperidine rings is 1. The van der Waals surface area contributed by atoms with Gasteiger partial charge in [-0.1, -0.05) is 30.3 Å². The average Bonchev–Trinajstić information content (AvgIpc) is 2.41. The van der Waals surface area contributed by atoms with Gasteiger partial charge < -0.3 is 9.47 Å². The molecule has 5 heteroatoms. The monoisotopic (exact) mass is 305 g/mol. The number of benzene rings is 1. The van der Waals surface area contributed by atoms with E-state index in [1.807, 2.05) is 32.2 Å². The molecule has 0 radical (unpaired) electrons. The van der Waals surface area contributed by atoms with Crippen LogP contribution in [0, 0.1) is 0 Å². The Hall–Kier alpha value is -1.88. The highest BCUT2D eigenvalue weighted by atomic mass is 16.6. The van der Waals surface area contributed by atoms with Gasteiger partial charge in [0.05, 0.1) is 0 Å². The van der Waals surface area contributed by atoms with Crippen LogP contribution < -0.4 is 0 Å². The van der Waals surface area contributed by atoms with E-state index in [-0.39, 0.29) is 18.0 Å². The van der Waals surface area contributed by atoms with Crippen molar-refractivity contribution >= 4 is 11.9 Å². The number of rotatable bonds is 3. The Morgan fingerprint density at radius 3 is 2.36 bits per heavy atom. The summed E-state index contributed by atoms with van der Waals surface area (Å²) in [6.45, 7) is 5.08. The molecule has 0 aliphatic carbocycles. The van der Waals surface area contributed by atoms with Crippen LogP contribution in [0.1, 0.15) is 38.8 Å². The summed E-state index contributed by atoms with van der Waals surface area (Å²) >= 11 is 0. The zero-order valence-corrected chi connectivity index (χ0v) is 13.5. The van der Waals surface area contributed by atoms with Gasteiger partial charge in [-0.15, -0.1) is 0 Å². The normalized spacial score (nSPS) is 28.9. The van der Waals surface area contributed by atoms with Gasteiger partial charge in [0.15, 0.2) is 5.60 Å². The second kappa shape index (κ2) is 6.48. The Balaban J connectivity index is 2.27. The molecule has 1 heterocycles. The molecule has 0 spiro atoms. The van der Waals surface area contributed by atoms with Gasteiger partial charge in [-0.05, 0) is 19.5 Å². The molecule has 0 N–H and O–H groups in total. The van der Waals surface area contributed by atoms with Crippen molar-refractivity contribution in [1.29, 1.82) is 0 Å². The smallest absolute Gasteiger partial charge is 0.303 e. The van der Waals surface area contributed by atoms with E-state index in [1.165, 1.54) is 13.8 Å². The first-order chi connectivity index (χ1) is 10.3. The predicted octanol–water partition coefficient (Wildman–Crippen LogP) is 2.32. The molecule has 0 amide bonds. The van der Waals surface area contributed by atoms with Gasteiger partial charge in [-0.3, -0.25) is 14.5 Å². The molecule has 1 fully saturated rings. The molecule has 0 saturated carbocycles. The highest BCUT2D eigenvalue weighted by molar-refractivity contribution is 5.68. The molecule has 3 atom stereocenters. The summed E-state index contributed by atoms with van der Waals surface area (Å²) in [4.78, 5) is 25.0. The topological polar surface area (TPSA) is 55.8 Å². The molecule has 1 aliphatic heterocycles. The van der Waals surface area contributed by atoms with Gasteiger partial charge in [-0.25, -0.2) is 0 Å². The van der Waals surface area contributed by atoms with Gasteiger partial charge in [-0.2, -0.15) is 0 Å². The number of ether oxygens (including phenoxy) is 2. The van der Waals surface area contributed by atoms with Crippen molar-refractivity contribution in [2.24, 2.45) is 0 Å². The van der Waals surface area contributed by atoms with Crippen molar-refractivity contribution in [2.75, 3.05) is 13.6 Å². The van der Waals surface area contributed by atoms with Crippen LogP contribution in [-0.4, -0.2) is 42.1 Å².